The van der Waals surface area contributed by atoms with Gasteiger partial charge in [0.2, 0.25) is 0 Å². The normalized spacial score (nSPS) is 11.1. The maximum absolute atomic E-state index is 6.22. The average molecular weight is 341 g/mol. The third kappa shape index (κ3) is 5.19. The standard InChI is InChI=1S/C16H18Cl2N2S/c1-11(2)9-19-10-12-4-3-7-20-16(12)21-15-8-13(17)5-6-14(15)18/h3-8,11,19H,9-10H2,1-2H3. The highest BCUT2D eigenvalue weighted by Gasteiger charge is 2.09. The molecule has 0 amide bonds. The van der Waals surface area contributed by atoms with E-state index in [-0.39, 0.29) is 0 Å². The Morgan fingerprint density at radius 3 is 2.81 bits per heavy atom. The number of aromatic nitrogens is 1. The van der Waals surface area contributed by atoms with Crippen molar-refractivity contribution in [3.05, 3.63) is 52.1 Å². The summed E-state index contributed by atoms with van der Waals surface area (Å²) in [7, 11) is 0. The minimum absolute atomic E-state index is 0.625. The van der Waals surface area contributed by atoms with Crippen LogP contribution in [0.15, 0.2) is 46.5 Å². The van der Waals surface area contributed by atoms with Crippen LogP contribution in [0.4, 0.5) is 0 Å². The van der Waals surface area contributed by atoms with Gasteiger partial charge < -0.3 is 5.32 Å². The van der Waals surface area contributed by atoms with Gasteiger partial charge in [0.15, 0.2) is 0 Å². The van der Waals surface area contributed by atoms with Crippen LogP contribution in [0.2, 0.25) is 10.0 Å². The van der Waals surface area contributed by atoms with Gasteiger partial charge in [0.25, 0.3) is 0 Å². The number of hydrogen-bond acceptors (Lipinski definition) is 3. The summed E-state index contributed by atoms with van der Waals surface area (Å²) in [5, 5.41) is 5.77. The van der Waals surface area contributed by atoms with Crippen molar-refractivity contribution in [1.82, 2.24) is 10.3 Å². The second-order valence-electron chi connectivity index (χ2n) is 5.17. The highest BCUT2D eigenvalue weighted by molar-refractivity contribution is 7.99. The number of nitrogens with zero attached hydrogens (tertiary/aromatic N) is 1. The zero-order valence-electron chi connectivity index (χ0n) is 12.1. The van der Waals surface area contributed by atoms with E-state index in [2.05, 4.69) is 30.2 Å². The summed E-state index contributed by atoms with van der Waals surface area (Å²) in [4.78, 5) is 5.39. The van der Waals surface area contributed by atoms with Gasteiger partial charge in [0.1, 0.15) is 5.03 Å². The molecule has 0 atom stereocenters. The van der Waals surface area contributed by atoms with Crippen LogP contribution >= 0.6 is 35.0 Å². The van der Waals surface area contributed by atoms with Crippen LogP contribution in [0.25, 0.3) is 0 Å². The summed E-state index contributed by atoms with van der Waals surface area (Å²) in [5.41, 5.74) is 1.17. The van der Waals surface area contributed by atoms with Crippen molar-refractivity contribution in [2.45, 2.75) is 30.3 Å². The molecule has 0 fully saturated rings. The Bertz CT molecular complexity index is 603. The molecule has 1 N–H and O–H groups in total. The molecule has 5 heteroatoms. The summed E-state index contributed by atoms with van der Waals surface area (Å²) in [5.74, 6) is 0.625. The largest absolute Gasteiger partial charge is 0.312 e. The first-order chi connectivity index (χ1) is 10.1. The Kier molecular flexibility index (Phi) is 6.37. The Morgan fingerprint density at radius 1 is 1.24 bits per heavy atom. The van der Waals surface area contributed by atoms with Crippen molar-refractivity contribution in [2.24, 2.45) is 5.92 Å². The van der Waals surface area contributed by atoms with E-state index >= 15 is 0 Å². The van der Waals surface area contributed by atoms with Crippen molar-refractivity contribution in [2.75, 3.05) is 6.54 Å². The maximum atomic E-state index is 6.22. The van der Waals surface area contributed by atoms with Crippen LogP contribution in [0.5, 0.6) is 0 Å². The van der Waals surface area contributed by atoms with E-state index in [1.807, 2.05) is 18.2 Å². The predicted molar refractivity (Wildman–Crippen MR) is 91.4 cm³/mol. The third-order valence-corrected chi connectivity index (χ3v) is 4.61. The Hall–Kier alpha value is -0.740. The lowest BCUT2D eigenvalue weighted by Crippen LogP contribution is -2.19. The Balaban J connectivity index is 2.14. The molecule has 2 nitrogen and oxygen atoms in total. The number of benzene rings is 1. The minimum Gasteiger partial charge on any atom is -0.312 e. The molecule has 0 aliphatic rings. The summed E-state index contributed by atoms with van der Waals surface area (Å²) in [6.07, 6.45) is 1.80. The topological polar surface area (TPSA) is 24.9 Å². The fourth-order valence-electron chi connectivity index (χ4n) is 1.81. The zero-order valence-corrected chi connectivity index (χ0v) is 14.4. The molecular formula is C16H18Cl2N2S. The van der Waals surface area contributed by atoms with Crippen LogP contribution in [-0.4, -0.2) is 11.5 Å². The molecule has 1 aromatic heterocycles. The molecule has 0 spiro atoms. The Labute approximate surface area is 140 Å². The highest BCUT2D eigenvalue weighted by Crippen LogP contribution is 2.35. The molecule has 0 bridgehead atoms. The summed E-state index contributed by atoms with van der Waals surface area (Å²) in [6.45, 7) is 6.17. The number of pyridine rings is 1. The Morgan fingerprint density at radius 2 is 2.05 bits per heavy atom. The minimum atomic E-state index is 0.625. The van der Waals surface area contributed by atoms with E-state index in [1.54, 1.807) is 24.0 Å². The van der Waals surface area contributed by atoms with E-state index in [0.29, 0.717) is 16.0 Å². The smallest absolute Gasteiger partial charge is 0.105 e. The molecule has 112 valence electrons. The number of nitrogens with one attached hydrogen (secondary N) is 1. The summed E-state index contributed by atoms with van der Waals surface area (Å²) < 4.78 is 0. The van der Waals surface area contributed by atoms with Gasteiger partial charge in [0, 0.05) is 22.7 Å². The molecule has 0 unspecified atom stereocenters. The third-order valence-electron chi connectivity index (χ3n) is 2.82. The number of rotatable bonds is 6. The van der Waals surface area contributed by atoms with Crippen molar-refractivity contribution in [1.29, 1.82) is 0 Å². The van der Waals surface area contributed by atoms with Crippen molar-refractivity contribution in [3.8, 4) is 0 Å². The molecule has 2 aromatic rings. The fraction of sp³-hybridized carbons (Fsp3) is 0.312. The first-order valence-corrected chi connectivity index (χ1v) is 8.41. The summed E-state index contributed by atoms with van der Waals surface area (Å²) >= 11 is 13.8. The molecule has 2 rings (SSSR count). The van der Waals surface area contributed by atoms with E-state index in [4.69, 9.17) is 23.2 Å². The van der Waals surface area contributed by atoms with Gasteiger partial charge in [-0.25, -0.2) is 4.98 Å². The molecule has 1 aromatic carbocycles. The summed E-state index contributed by atoms with van der Waals surface area (Å²) in [6, 6.07) is 9.51. The molecule has 0 saturated carbocycles. The molecule has 0 aliphatic heterocycles. The van der Waals surface area contributed by atoms with Crippen LogP contribution < -0.4 is 5.32 Å². The lowest BCUT2D eigenvalue weighted by atomic mass is 10.2. The molecule has 1 heterocycles. The predicted octanol–water partition coefficient (Wildman–Crippen LogP) is 5.29. The van der Waals surface area contributed by atoms with Gasteiger partial charge in [-0.05, 0) is 42.3 Å². The van der Waals surface area contributed by atoms with Gasteiger partial charge in [-0.1, -0.05) is 54.9 Å². The monoisotopic (exact) mass is 340 g/mol. The van der Waals surface area contributed by atoms with Crippen molar-refractivity contribution in [3.63, 3.8) is 0 Å². The fourth-order valence-corrected chi connectivity index (χ4v) is 3.22. The van der Waals surface area contributed by atoms with E-state index in [0.717, 1.165) is 23.0 Å². The highest BCUT2D eigenvalue weighted by atomic mass is 35.5. The van der Waals surface area contributed by atoms with E-state index in [9.17, 15) is 0 Å². The second kappa shape index (κ2) is 8.04. The molecule has 0 radical (unpaired) electrons. The molecule has 0 saturated heterocycles. The van der Waals surface area contributed by atoms with Crippen LogP contribution in [0, 0.1) is 5.92 Å². The molecular weight excluding hydrogens is 323 g/mol. The number of hydrogen-bond donors (Lipinski definition) is 1. The SMILES string of the molecule is CC(C)CNCc1cccnc1Sc1cc(Cl)ccc1Cl. The maximum Gasteiger partial charge on any atom is 0.105 e. The van der Waals surface area contributed by atoms with Crippen molar-refractivity contribution < 1.29 is 0 Å². The van der Waals surface area contributed by atoms with Crippen molar-refractivity contribution >= 4 is 35.0 Å². The quantitative estimate of drug-likeness (QED) is 0.773. The first kappa shape index (κ1) is 16.6. The van der Waals surface area contributed by atoms with Gasteiger partial charge in [-0.15, -0.1) is 0 Å². The van der Waals surface area contributed by atoms with Gasteiger partial charge in [-0.3, -0.25) is 0 Å². The van der Waals surface area contributed by atoms with E-state index in [1.165, 1.54) is 5.56 Å². The van der Waals surface area contributed by atoms with Crippen LogP contribution in [0.1, 0.15) is 19.4 Å². The van der Waals surface area contributed by atoms with Gasteiger partial charge in [-0.2, -0.15) is 0 Å². The zero-order chi connectivity index (χ0) is 15.2. The second-order valence-corrected chi connectivity index (χ2v) is 7.04. The van der Waals surface area contributed by atoms with Gasteiger partial charge >= 0.3 is 0 Å². The molecule has 21 heavy (non-hydrogen) atoms. The van der Waals surface area contributed by atoms with Crippen LogP contribution in [0.3, 0.4) is 0 Å². The number of halogens is 2. The van der Waals surface area contributed by atoms with Crippen LogP contribution in [-0.2, 0) is 6.54 Å². The molecule has 0 aliphatic carbocycles. The van der Waals surface area contributed by atoms with E-state index < -0.39 is 0 Å². The van der Waals surface area contributed by atoms with Gasteiger partial charge in [0.05, 0.1) is 5.02 Å². The lowest BCUT2D eigenvalue weighted by molar-refractivity contribution is 0.549. The lowest BCUT2D eigenvalue weighted by Gasteiger charge is -2.11. The average Bonchev–Trinajstić information content (AvgIpc) is 2.44. The first-order valence-electron chi connectivity index (χ1n) is 6.84.